The Morgan fingerprint density at radius 3 is 2.26 bits per heavy atom. The lowest BCUT2D eigenvalue weighted by atomic mass is 10.1. The van der Waals surface area contributed by atoms with Crippen LogP contribution in [0.1, 0.15) is 27.6 Å². The zero-order chi connectivity index (χ0) is 20.4. The van der Waals surface area contributed by atoms with Crippen molar-refractivity contribution in [2.75, 3.05) is 14.1 Å². The highest BCUT2D eigenvalue weighted by atomic mass is 35.5. The number of carbonyl (C=O) groups excluding carboxylic acids is 2. The predicted octanol–water partition coefficient (Wildman–Crippen LogP) is 3.16. The molecule has 0 unspecified atom stereocenters. The summed E-state index contributed by atoms with van der Waals surface area (Å²) >= 11 is 5.76. The number of nitrogens with zero attached hydrogens (tertiary/aromatic N) is 1. The van der Waals surface area contributed by atoms with E-state index in [2.05, 4.69) is 0 Å². The smallest absolute Gasteiger partial charge is 0.341 e. The Morgan fingerprint density at radius 1 is 1.11 bits per heavy atom. The van der Waals surface area contributed by atoms with Crippen molar-refractivity contribution in [2.45, 2.75) is 17.9 Å². The molecule has 2 aromatic rings. The van der Waals surface area contributed by atoms with Gasteiger partial charge in [-0.15, -0.1) is 0 Å². The summed E-state index contributed by atoms with van der Waals surface area (Å²) < 4.78 is 44.3. The second kappa shape index (κ2) is 8.16. The van der Waals surface area contributed by atoms with Gasteiger partial charge in [-0.1, -0.05) is 11.6 Å². The molecule has 6 nitrogen and oxygen atoms in total. The van der Waals surface area contributed by atoms with Crippen molar-refractivity contribution in [1.82, 2.24) is 4.31 Å². The molecule has 0 aliphatic heterocycles. The van der Waals surface area contributed by atoms with Crippen LogP contribution in [0.15, 0.2) is 47.4 Å². The summed E-state index contributed by atoms with van der Waals surface area (Å²) in [5.74, 6) is -2.60. The van der Waals surface area contributed by atoms with E-state index >= 15 is 0 Å². The van der Waals surface area contributed by atoms with Crippen LogP contribution in [-0.4, -0.2) is 44.7 Å². The molecule has 0 aromatic heterocycles. The van der Waals surface area contributed by atoms with Crippen LogP contribution in [-0.2, 0) is 14.8 Å². The number of benzene rings is 2. The highest BCUT2D eigenvalue weighted by molar-refractivity contribution is 7.89. The lowest BCUT2D eigenvalue weighted by Gasteiger charge is -2.15. The van der Waals surface area contributed by atoms with Gasteiger partial charge in [0.25, 0.3) is 0 Å². The van der Waals surface area contributed by atoms with Gasteiger partial charge in [-0.05, 0) is 49.4 Å². The molecule has 2 aromatic carbocycles. The third-order valence-electron chi connectivity index (χ3n) is 3.72. The maximum Gasteiger partial charge on any atom is 0.341 e. The third kappa shape index (κ3) is 4.71. The molecule has 9 heteroatoms. The van der Waals surface area contributed by atoms with E-state index in [1.54, 1.807) is 0 Å². The topological polar surface area (TPSA) is 80.8 Å². The molecule has 0 heterocycles. The zero-order valence-corrected chi connectivity index (χ0v) is 16.3. The lowest BCUT2D eigenvalue weighted by Crippen LogP contribution is -2.26. The minimum atomic E-state index is -3.86. The van der Waals surface area contributed by atoms with E-state index in [1.165, 1.54) is 45.3 Å². The molecule has 0 saturated carbocycles. The van der Waals surface area contributed by atoms with E-state index in [9.17, 15) is 22.4 Å². The molecular weight excluding hydrogens is 397 g/mol. The van der Waals surface area contributed by atoms with Gasteiger partial charge < -0.3 is 4.74 Å². The van der Waals surface area contributed by atoms with Gasteiger partial charge in [0.1, 0.15) is 5.82 Å². The molecule has 0 aliphatic carbocycles. The van der Waals surface area contributed by atoms with Crippen molar-refractivity contribution < 1.29 is 27.1 Å². The molecule has 27 heavy (non-hydrogen) atoms. The minimum absolute atomic E-state index is 0.266. The van der Waals surface area contributed by atoms with Crippen molar-refractivity contribution in [3.05, 3.63) is 64.4 Å². The van der Waals surface area contributed by atoms with E-state index in [1.807, 2.05) is 0 Å². The monoisotopic (exact) mass is 413 g/mol. The summed E-state index contributed by atoms with van der Waals surface area (Å²) in [6, 6.07) is 8.76. The number of hydrogen-bond donors (Lipinski definition) is 0. The van der Waals surface area contributed by atoms with Gasteiger partial charge in [0.2, 0.25) is 15.8 Å². The summed E-state index contributed by atoms with van der Waals surface area (Å²) in [4.78, 5) is 24.3. The average Bonchev–Trinajstić information content (AvgIpc) is 2.61. The maximum atomic E-state index is 14.0. The van der Waals surface area contributed by atoms with Gasteiger partial charge in [-0.25, -0.2) is 21.9 Å². The van der Waals surface area contributed by atoms with Gasteiger partial charge in [-0.2, -0.15) is 0 Å². The second-order valence-electron chi connectivity index (χ2n) is 5.85. The molecule has 0 fully saturated rings. The molecule has 144 valence electrons. The molecule has 0 saturated heterocycles. The highest BCUT2D eigenvalue weighted by Crippen LogP contribution is 2.20. The summed E-state index contributed by atoms with van der Waals surface area (Å²) in [6.07, 6.45) is -1.20. The van der Waals surface area contributed by atoms with Gasteiger partial charge in [-0.3, -0.25) is 4.79 Å². The Kier molecular flexibility index (Phi) is 6.35. The van der Waals surface area contributed by atoms with Crippen LogP contribution >= 0.6 is 11.6 Å². The fourth-order valence-electron chi connectivity index (χ4n) is 2.16. The standard InChI is InChI=1S/C18H17ClFNO5S/c1-11(17(22)12-4-6-13(19)7-5-12)26-18(23)15-10-14(8-9-16(15)20)27(24,25)21(2)3/h4-11H,1-3H3/t11-/m1/s1. The van der Waals surface area contributed by atoms with Gasteiger partial charge in [0.15, 0.2) is 6.10 Å². The predicted molar refractivity (Wildman–Crippen MR) is 97.9 cm³/mol. The van der Waals surface area contributed by atoms with Crippen LogP contribution in [0.4, 0.5) is 4.39 Å². The van der Waals surface area contributed by atoms with Crippen LogP contribution in [0, 0.1) is 5.82 Å². The number of carbonyl (C=O) groups is 2. The van der Waals surface area contributed by atoms with Crippen LogP contribution in [0.2, 0.25) is 5.02 Å². The minimum Gasteiger partial charge on any atom is -0.451 e. The molecule has 0 N–H and O–H groups in total. The van der Waals surface area contributed by atoms with Crippen molar-refractivity contribution in [1.29, 1.82) is 0 Å². The molecule has 0 bridgehead atoms. The lowest BCUT2D eigenvalue weighted by molar-refractivity contribution is 0.0314. The van der Waals surface area contributed by atoms with Crippen LogP contribution < -0.4 is 0 Å². The van der Waals surface area contributed by atoms with Crippen LogP contribution in [0.5, 0.6) is 0 Å². The van der Waals surface area contributed by atoms with E-state index < -0.39 is 39.3 Å². The first-order chi connectivity index (χ1) is 12.5. The zero-order valence-electron chi connectivity index (χ0n) is 14.8. The van der Waals surface area contributed by atoms with Crippen molar-refractivity contribution in [2.24, 2.45) is 0 Å². The van der Waals surface area contributed by atoms with Gasteiger partial charge in [0.05, 0.1) is 10.5 Å². The number of esters is 1. The van der Waals surface area contributed by atoms with E-state index in [-0.39, 0.29) is 10.5 Å². The highest BCUT2D eigenvalue weighted by Gasteiger charge is 2.25. The fraction of sp³-hybridized carbons (Fsp3) is 0.222. The molecule has 0 spiro atoms. The number of rotatable bonds is 6. The first-order valence-electron chi connectivity index (χ1n) is 7.77. The number of ketones is 1. The number of ether oxygens (including phenoxy) is 1. The SMILES string of the molecule is C[C@@H](OC(=O)c1cc(S(=O)(=O)N(C)C)ccc1F)C(=O)c1ccc(Cl)cc1. The number of sulfonamides is 1. The van der Waals surface area contributed by atoms with E-state index in [0.29, 0.717) is 5.02 Å². The molecular formula is C18H17ClFNO5S. The Bertz CT molecular complexity index is 974. The normalized spacial score (nSPS) is 12.7. The molecule has 2 rings (SSSR count). The molecule has 1 atom stereocenters. The quantitative estimate of drug-likeness (QED) is 0.536. The van der Waals surface area contributed by atoms with E-state index in [0.717, 1.165) is 22.5 Å². The Hall–Kier alpha value is -2.29. The molecule has 0 radical (unpaired) electrons. The first-order valence-corrected chi connectivity index (χ1v) is 9.58. The number of Topliss-reactive ketones (excluding diaryl/α,β-unsaturated/α-hetero) is 1. The van der Waals surface area contributed by atoms with Crippen molar-refractivity contribution >= 4 is 33.4 Å². The number of halogens is 2. The van der Waals surface area contributed by atoms with Crippen LogP contribution in [0.25, 0.3) is 0 Å². The summed E-state index contributed by atoms with van der Waals surface area (Å²) in [5, 5.41) is 0.442. The summed E-state index contributed by atoms with van der Waals surface area (Å²) in [6.45, 7) is 1.34. The van der Waals surface area contributed by atoms with Crippen LogP contribution in [0.3, 0.4) is 0 Å². The second-order valence-corrected chi connectivity index (χ2v) is 8.44. The van der Waals surface area contributed by atoms with E-state index in [4.69, 9.17) is 16.3 Å². The van der Waals surface area contributed by atoms with Gasteiger partial charge >= 0.3 is 5.97 Å². The first kappa shape index (κ1) is 21.0. The maximum absolute atomic E-state index is 14.0. The summed E-state index contributed by atoms with van der Waals surface area (Å²) in [7, 11) is -1.24. The largest absolute Gasteiger partial charge is 0.451 e. The average molecular weight is 414 g/mol. The Balaban J connectivity index is 2.25. The Labute approximate surface area is 161 Å². The van der Waals surface area contributed by atoms with Gasteiger partial charge in [0, 0.05) is 24.7 Å². The fourth-order valence-corrected chi connectivity index (χ4v) is 3.21. The third-order valence-corrected chi connectivity index (χ3v) is 5.78. The summed E-state index contributed by atoms with van der Waals surface area (Å²) in [5.41, 5.74) is -0.308. The number of hydrogen-bond acceptors (Lipinski definition) is 5. The molecule has 0 amide bonds. The molecule has 0 aliphatic rings. The van der Waals surface area contributed by atoms with Crippen molar-refractivity contribution in [3.8, 4) is 0 Å². The van der Waals surface area contributed by atoms with Crippen molar-refractivity contribution in [3.63, 3.8) is 0 Å². The Morgan fingerprint density at radius 2 is 1.70 bits per heavy atom.